The first-order valence-electron chi connectivity index (χ1n) is 5.96. The molecule has 1 fully saturated rings. The van der Waals surface area contributed by atoms with E-state index in [0.29, 0.717) is 0 Å². The van der Waals surface area contributed by atoms with E-state index in [9.17, 15) is 0 Å². The Bertz CT molecular complexity index is 275. The molecule has 0 bridgehead atoms. The van der Waals surface area contributed by atoms with Crippen LogP contribution in [0.15, 0.2) is 30.3 Å². The van der Waals surface area contributed by atoms with Gasteiger partial charge in [-0.1, -0.05) is 49.6 Å². The van der Waals surface area contributed by atoms with Crippen LogP contribution in [0.25, 0.3) is 0 Å². The SMILES string of the molecule is CN(Cc1ccccc1)[C]1CCCCC1. The predicted molar refractivity (Wildman–Crippen MR) is 64.2 cm³/mol. The molecule has 0 unspecified atom stereocenters. The molecule has 1 radical (unpaired) electrons. The molecule has 0 heterocycles. The Morgan fingerprint density at radius 3 is 2.33 bits per heavy atom. The van der Waals surface area contributed by atoms with E-state index in [1.54, 1.807) is 6.04 Å². The van der Waals surface area contributed by atoms with E-state index in [0.717, 1.165) is 6.54 Å². The Morgan fingerprint density at radius 2 is 1.67 bits per heavy atom. The van der Waals surface area contributed by atoms with Crippen molar-refractivity contribution in [3.8, 4) is 0 Å². The minimum atomic E-state index is 1.07. The zero-order valence-corrected chi connectivity index (χ0v) is 9.58. The lowest BCUT2D eigenvalue weighted by molar-refractivity contribution is 0.276. The summed E-state index contributed by atoms with van der Waals surface area (Å²) in [6.07, 6.45) is 6.80. The van der Waals surface area contributed by atoms with Crippen LogP contribution in [0.1, 0.15) is 37.7 Å². The molecule has 2 rings (SSSR count). The van der Waals surface area contributed by atoms with E-state index < -0.39 is 0 Å². The number of rotatable bonds is 3. The van der Waals surface area contributed by atoms with Gasteiger partial charge in [-0.3, -0.25) is 4.90 Å². The standard InChI is InChI=1S/C14H20N/c1-15(14-10-6-3-7-11-14)12-13-8-4-2-5-9-13/h2,4-5,8-9H,3,6-7,10-12H2,1H3. The van der Waals surface area contributed by atoms with Gasteiger partial charge in [0.05, 0.1) is 0 Å². The van der Waals surface area contributed by atoms with Crippen molar-refractivity contribution in [2.24, 2.45) is 0 Å². The van der Waals surface area contributed by atoms with Crippen LogP contribution in [0.4, 0.5) is 0 Å². The van der Waals surface area contributed by atoms with Gasteiger partial charge in [0.2, 0.25) is 0 Å². The molecule has 0 N–H and O–H groups in total. The Kier molecular flexibility index (Phi) is 3.79. The van der Waals surface area contributed by atoms with E-state index in [-0.39, 0.29) is 0 Å². The van der Waals surface area contributed by atoms with Gasteiger partial charge < -0.3 is 0 Å². The molecule has 1 aliphatic rings. The topological polar surface area (TPSA) is 3.24 Å². The van der Waals surface area contributed by atoms with Gasteiger partial charge in [-0.15, -0.1) is 0 Å². The number of hydrogen-bond acceptors (Lipinski definition) is 1. The Labute approximate surface area is 93.1 Å². The predicted octanol–water partition coefficient (Wildman–Crippen LogP) is 3.61. The molecule has 0 aromatic heterocycles. The summed E-state index contributed by atoms with van der Waals surface area (Å²) in [5, 5.41) is 0. The second kappa shape index (κ2) is 5.32. The summed E-state index contributed by atoms with van der Waals surface area (Å²) in [7, 11) is 2.23. The first kappa shape index (κ1) is 10.7. The first-order chi connectivity index (χ1) is 7.36. The molecule has 1 heteroatoms. The maximum absolute atomic E-state index is 2.44. The summed E-state index contributed by atoms with van der Waals surface area (Å²) in [6, 6.07) is 12.4. The van der Waals surface area contributed by atoms with Gasteiger partial charge in [-0.25, -0.2) is 0 Å². The monoisotopic (exact) mass is 202 g/mol. The normalized spacial score (nSPS) is 18.3. The average molecular weight is 202 g/mol. The van der Waals surface area contributed by atoms with Crippen molar-refractivity contribution in [1.82, 2.24) is 4.90 Å². The second-order valence-electron chi connectivity index (χ2n) is 4.47. The van der Waals surface area contributed by atoms with Crippen LogP contribution < -0.4 is 0 Å². The lowest BCUT2D eigenvalue weighted by atomic mass is 9.94. The van der Waals surface area contributed by atoms with Crippen molar-refractivity contribution in [2.75, 3.05) is 7.05 Å². The van der Waals surface area contributed by atoms with E-state index >= 15 is 0 Å². The van der Waals surface area contributed by atoms with Crippen LogP contribution in [0.5, 0.6) is 0 Å². The van der Waals surface area contributed by atoms with Crippen LogP contribution >= 0.6 is 0 Å². The molecule has 0 aliphatic heterocycles. The van der Waals surface area contributed by atoms with Gasteiger partial charge in [0, 0.05) is 12.6 Å². The fourth-order valence-corrected chi connectivity index (χ4v) is 2.31. The second-order valence-corrected chi connectivity index (χ2v) is 4.47. The summed E-state index contributed by atoms with van der Waals surface area (Å²) in [5.41, 5.74) is 1.41. The van der Waals surface area contributed by atoms with Crippen molar-refractivity contribution >= 4 is 0 Å². The van der Waals surface area contributed by atoms with Crippen molar-refractivity contribution in [2.45, 2.75) is 38.6 Å². The van der Waals surface area contributed by atoms with Gasteiger partial charge in [0.1, 0.15) is 0 Å². The number of benzene rings is 1. The van der Waals surface area contributed by atoms with E-state index in [2.05, 4.69) is 42.3 Å². The van der Waals surface area contributed by atoms with Crippen molar-refractivity contribution < 1.29 is 0 Å². The summed E-state index contributed by atoms with van der Waals surface area (Å²) in [4.78, 5) is 2.44. The summed E-state index contributed by atoms with van der Waals surface area (Å²) < 4.78 is 0. The summed E-state index contributed by atoms with van der Waals surface area (Å²) >= 11 is 0. The third kappa shape index (κ3) is 3.07. The van der Waals surface area contributed by atoms with E-state index in [1.807, 2.05) is 0 Å². The molecule has 1 aliphatic carbocycles. The molecule has 1 aromatic carbocycles. The molecule has 81 valence electrons. The molecule has 0 saturated heterocycles. The largest absolute Gasteiger partial charge is 0.295 e. The van der Waals surface area contributed by atoms with Gasteiger partial charge >= 0.3 is 0 Å². The maximum atomic E-state index is 2.44. The van der Waals surface area contributed by atoms with Crippen LogP contribution in [0.2, 0.25) is 0 Å². The van der Waals surface area contributed by atoms with Crippen LogP contribution in [0.3, 0.4) is 0 Å². The molecule has 0 amide bonds. The Morgan fingerprint density at radius 1 is 1.00 bits per heavy atom. The number of nitrogens with zero attached hydrogens (tertiary/aromatic N) is 1. The van der Waals surface area contributed by atoms with Gasteiger partial charge in [-0.2, -0.15) is 0 Å². The maximum Gasteiger partial charge on any atom is 0.0393 e. The minimum Gasteiger partial charge on any atom is -0.295 e. The van der Waals surface area contributed by atoms with Crippen molar-refractivity contribution in [3.63, 3.8) is 0 Å². The van der Waals surface area contributed by atoms with E-state index in [4.69, 9.17) is 0 Å². The van der Waals surface area contributed by atoms with Gasteiger partial charge in [0.15, 0.2) is 0 Å². The minimum absolute atomic E-state index is 1.07. The van der Waals surface area contributed by atoms with Crippen LogP contribution in [-0.4, -0.2) is 11.9 Å². The van der Waals surface area contributed by atoms with Gasteiger partial charge in [0.25, 0.3) is 0 Å². The van der Waals surface area contributed by atoms with E-state index in [1.165, 1.54) is 37.7 Å². The molecular weight excluding hydrogens is 182 g/mol. The third-order valence-electron chi connectivity index (χ3n) is 3.23. The fourth-order valence-electron chi connectivity index (χ4n) is 2.31. The third-order valence-corrected chi connectivity index (χ3v) is 3.23. The lowest BCUT2D eigenvalue weighted by Gasteiger charge is -2.30. The fraction of sp³-hybridized carbons (Fsp3) is 0.500. The zero-order chi connectivity index (χ0) is 10.5. The van der Waals surface area contributed by atoms with Crippen molar-refractivity contribution in [3.05, 3.63) is 41.9 Å². The highest BCUT2D eigenvalue weighted by Crippen LogP contribution is 2.28. The molecule has 1 saturated carbocycles. The Hall–Kier alpha value is -0.820. The van der Waals surface area contributed by atoms with Crippen LogP contribution in [-0.2, 0) is 6.54 Å². The smallest absolute Gasteiger partial charge is 0.0393 e. The molecule has 1 nitrogen and oxygen atoms in total. The van der Waals surface area contributed by atoms with Crippen LogP contribution in [0, 0.1) is 6.04 Å². The first-order valence-corrected chi connectivity index (χ1v) is 5.96. The molecule has 1 aromatic rings. The number of hydrogen-bond donors (Lipinski definition) is 0. The highest BCUT2D eigenvalue weighted by molar-refractivity contribution is 5.15. The highest BCUT2D eigenvalue weighted by atomic mass is 15.1. The lowest BCUT2D eigenvalue weighted by Crippen LogP contribution is -2.25. The highest BCUT2D eigenvalue weighted by Gasteiger charge is 2.18. The average Bonchev–Trinajstić information content (AvgIpc) is 2.31. The van der Waals surface area contributed by atoms with Gasteiger partial charge in [-0.05, 0) is 25.5 Å². The molecular formula is C14H20N. The zero-order valence-electron chi connectivity index (χ0n) is 9.58. The molecule has 0 spiro atoms. The quantitative estimate of drug-likeness (QED) is 0.723. The Balaban J connectivity index is 1.88. The summed E-state index contributed by atoms with van der Waals surface area (Å²) in [6.45, 7) is 1.07. The van der Waals surface area contributed by atoms with Crippen molar-refractivity contribution in [1.29, 1.82) is 0 Å². The molecule has 15 heavy (non-hydrogen) atoms. The summed E-state index contributed by atoms with van der Waals surface area (Å²) in [5.74, 6) is 0. The molecule has 0 atom stereocenters.